The van der Waals surface area contributed by atoms with Gasteiger partial charge in [-0.05, 0) is 34.6 Å². The molecule has 0 aromatic rings. The number of hydrogen-bond donors (Lipinski definition) is 0. The zero-order valence-corrected chi connectivity index (χ0v) is 8.70. The van der Waals surface area contributed by atoms with E-state index in [0.717, 1.165) is 0 Å². The molecule has 0 saturated carbocycles. The Morgan fingerprint density at radius 2 is 1.42 bits per heavy atom. The second-order valence-electron chi connectivity index (χ2n) is 3.26. The van der Waals surface area contributed by atoms with Crippen molar-refractivity contribution in [3.05, 3.63) is 12.1 Å². The Morgan fingerprint density at radius 1 is 1.00 bits per heavy atom. The second kappa shape index (κ2) is 6.26. The predicted octanol–water partition coefficient (Wildman–Crippen LogP) is 2.44. The summed E-state index contributed by atoms with van der Waals surface area (Å²) in [6, 6.07) is 0. The molecule has 0 heterocycles. The minimum Gasteiger partial charge on any atom is -0.405 e. The molecule has 0 aliphatic heterocycles. The third kappa shape index (κ3) is 6.44. The highest BCUT2D eigenvalue weighted by atomic mass is 16.6. The molecule has 0 atom stereocenters. The summed E-state index contributed by atoms with van der Waals surface area (Å²) in [4.78, 5) is 0. The molecule has 0 N–H and O–H groups in total. The van der Waals surface area contributed by atoms with E-state index in [4.69, 9.17) is 9.31 Å². The summed E-state index contributed by atoms with van der Waals surface area (Å²) in [5, 5.41) is 0. The molecule has 2 nitrogen and oxygen atoms in total. The summed E-state index contributed by atoms with van der Waals surface area (Å²) in [6.07, 6.45) is 2.34. The van der Waals surface area contributed by atoms with Crippen LogP contribution in [0.15, 0.2) is 12.1 Å². The standard InChI is InChI=1S/C9H19BO2/c1-6-7-10(11-8(2)3)12-9(4)5/h6-9H,1-5H3. The van der Waals surface area contributed by atoms with E-state index in [1.807, 2.05) is 46.7 Å². The van der Waals surface area contributed by atoms with Gasteiger partial charge in [0.1, 0.15) is 0 Å². The Kier molecular flexibility index (Phi) is 6.12. The minimum atomic E-state index is -0.199. The lowest BCUT2D eigenvalue weighted by Gasteiger charge is -2.16. The van der Waals surface area contributed by atoms with Gasteiger partial charge in [-0.15, -0.1) is 0 Å². The van der Waals surface area contributed by atoms with Crippen LogP contribution in [0.1, 0.15) is 34.6 Å². The maximum atomic E-state index is 5.49. The van der Waals surface area contributed by atoms with Gasteiger partial charge >= 0.3 is 7.12 Å². The molecule has 0 aromatic heterocycles. The molecule has 0 radical (unpaired) electrons. The number of rotatable bonds is 5. The van der Waals surface area contributed by atoms with Crippen LogP contribution < -0.4 is 0 Å². The van der Waals surface area contributed by atoms with Gasteiger partial charge in [0.15, 0.2) is 0 Å². The topological polar surface area (TPSA) is 18.5 Å². The lowest BCUT2D eigenvalue weighted by Crippen LogP contribution is -2.27. The average Bonchev–Trinajstić information content (AvgIpc) is 1.84. The Balaban J connectivity index is 3.86. The van der Waals surface area contributed by atoms with E-state index < -0.39 is 0 Å². The van der Waals surface area contributed by atoms with Crippen molar-refractivity contribution in [2.45, 2.75) is 46.8 Å². The van der Waals surface area contributed by atoms with Crippen molar-refractivity contribution in [2.75, 3.05) is 0 Å². The van der Waals surface area contributed by atoms with E-state index in [1.54, 1.807) is 0 Å². The molecule has 0 saturated heterocycles. The third-order valence-electron chi connectivity index (χ3n) is 1.16. The maximum Gasteiger partial charge on any atom is 0.486 e. The van der Waals surface area contributed by atoms with Crippen molar-refractivity contribution in [1.29, 1.82) is 0 Å². The highest BCUT2D eigenvalue weighted by Gasteiger charge is 2.16. The summed E-state index contributed by atoms with van der Waals surface area (Å²) in [7, 11) is -0.199. The fourth-order valence-electron chi connectivity index (χ4n) is 0.816. The van der Waals surface area contributed by atoms with Crippen molar-refractivity contribution in [3.8, 4) is 0 Å². The summed E-state index contributed by atoms with van der Waals surface area (Å²) < 4.78 is 11.0. The maximum absolute atomic E-state index is 5.49. The quantitative estimate of drug-likeness (QED) is 0.590. The Bertz CT molecular complexity index is 122. The summed E-state index contributed by atoms with van der Waals surface area (Å²) in [5.41, 5.74) is 0. The van der Waals surface area contributed by atoms with Crippen molar-refractivity contribution in [2.24, 2.45) is 0 Å². The largest absolute Gasteiger partial charge is 0.486 e. The monoisotopic (exact) mass is 170 g/mol. The van der Waals surface area contributed by atoms with Crippen LogP contribution in [0.25, 0.3) is 0 Å². The lowest BCUT2D eigenvalue weighted by molar-refractivity contribution is 0.138. The van der Waals surface area contributed by atoms with Crippen LogP contribution in [-0.4, -0.2) is 19.3 Å². The molecule has 0 spiro atoms. The van der Waals surface area contributed by atoms with E-state index in [0.29, 0.717) is 0 Å². The predicted molar refractivity (Wildman–Crippen MR) is 53.0 cm³/mol. The third-order valence-corrected chi connectivity index (χ3v) is 1.16. The van der Waals surface area contributed by atoms with Crippen LogP contribution in [0, 0.1) is 0 Å². The Labute approximate surface area is 76.1 Å². The minimum absolute atomic E-state index is 0.199. The van der Waals surface area contributed by atoms with E-state index in [-0.39, 0.29) is 19.3 Å². The Hall–Kier alpha value is -0.275. The lowest BCUT2D eigenvalue weighted by atomic mass is 9.89. The van der Waals surface area contributed by atoms with Crippen LogP contribution in [0.4, 0.5) is 0 Å². The highest BCUT2D eigenvalue weighted by molar-refractivity contribution is 6.50. The molecule has 0 aliphatic carbocycles. The summed E-state index contributed by atoms with van der Waals surface area (Å²) >= 11 is 0. The van der Waals surface area contributed by atoms with Gasteiger partial charge in [-0.2, -0.15) is 0 Å². The van der Waals surface area contributed by atoms with E-state index in [9.17, 15) is 0 Å². The fraction of sp³-hybridized carbons (Fsp3) is 0.778. The second-order valence-corrected chi connectivity index (χ2v) is 3.26. The van der Waals surface area contributed by atoms with Crippen molar-refractivity contribution < 1.29 is 9.31 Å². The first kappa shape index (κ1) is 11.7. The molecule has 0 fully saturated rings. The molecular weight excluding hydrogens is 151 g/mol. The van der Waals surface area contributed by atoms with Crippen LogP contribution in [-0.2, 0) is 9.31 Å². The van der Waals surface area contributed by atoms with Gasteiger partial charge < -0.3 is 9.31 Å². The normalized spacial score (nSPS) is 11.9. The van der Waals surface area contributed by atoms with Crippen LogP contribution >= 0.6 is 0 Å². The van der Waals surface area contributed by atoms with Gasteiger partial charge in [-0.25, -0.2) is 0 Å². The average molecular weight is 170 g/mol. The molecule has 0 aliphatic rings. The molecule has 0 unspecified atom stereocenters. The summed E-state index contributed by atoms with van der Waals surface area (Å²) in [6.45, 7) is 9.96. The molecule has 0 amide bonds. The van der Waals surface area contributed by atoms with Crippen LogP contribution in [0.2, 0.25) is 0 Å². The fourth-order valence-corrected chi connectivity index (χ4v) is 0.816. The van der Waals surface area contributed by atoms with Crippen LogP contribution in [0.3, 0.4) is 0 Å². The highest BCUT2D eigenvalue weighted by Crippen LogP contribution is 2.01. The summed E-state index contributed by atoms with van der Waals surface area (Å²) in [5.74, 6) is 1.92. The van der Waals surface area contributed by atoms with E-state index in [2.05, 4.69) is 0 Å². The number of hydrogen-bond acceptors (Lipinski definition) is 2. The molecular formula is C9H19BO2. The SMILES string of the molecule is CC=CB(OC(C)C)OC(C)C. The van der Waals surface area contributed by atoms with Crippen molar-refractivity contribution in [3.63, 3.8) is 0 Å². The molecule has 0 rings (SSSR count). The first-order valence-electron chi connectivity index (χ1n) is 4.50. The van der Waals surface area contributed by atoms with Gasteiger partial charge in [-0.1, -0.05) is 12.1 Å². The van der Waals surface area contributed by atoms with Gasteiger partial charge in [0.2, 0.25) is 0 Å². The number of allylic oxidation sites excluding steroid dienone is 1. The van der Waals surface area contributed by atoms with Gasteiger partial charge in [-0.3, -0.25) is 0 Å². The molecule has 0 aromatic carbocycles. The van der Waals surface area contributed by atoms with Crippen LogP contribution in [0.5, 0.6) is 0 Å². The van der Waals surface area contributed by atoms with Crippen molar-refractivity contribution in [1.82, 2.24) is 0 Å². The van der Waals surface area contributed by atoms with Gasteiger partial charge in [0.05, 0.1) is 0 Å². The molecule has 0 bridgehead atoms. The molecule has 12 heavy (non-hydrogen) atoms. The van der Waals surface area contributed by atoms with E-state index in [1.165, 1.54) is 0 Å². The Morgan fingerprint density at radius 3 is 1.67 bits per heavy atom. The zero-order valence-electron chi connectivity index (χ0n) is 8.70. The molecule has 3 heteroatoms. The van der Waals surface area contributed by atoms with Gasteiger partial charge in [0.25, 0.3) is 0 Å². The first-order valence-corrected chi connectivity index (χ1v) is 4.50. The smallest absolute Gasteiger partial charge is 0.405 e. The first-order chi connectivity index (χ1) is 5.56. The van der Waals surface area contributed by atoms with E-state index >= 15 is 0 Å². The zero-order chi connectivity index (χ0) is 9.56. The van der Waals surface area contributed by atoms with Gasteiger partial charge in [0, 0.05) is 12.2 Å². The van der Waals surface area contributed by atoms with Crippen molar-refractivity contribution >= 4 is 7.12 Å². The molecule has 70 valence electrons.